The summed E-state index contributed by atoms with van der Waals surface area (Å²) in [6.07, 6.45) is 0. The maximum Gasteiger partial charge on any atom is 0.0563 e. The van der Waals surface area contributed by atoms with Crippen LogP contribution in [0.5, 0.6) is 0 Å². The molecule has 0 saturated heterocycles. The van der Waals surface area contributed by atoms with Crippen molar-refractivity contribution in [2.75, 3.05) is 0 Å². The van der Waals surface area contributed by atoms with Crippen LogP contribution in [0.1, 0.15) is 20.8 Å². The van der Waals surface area contributed by atoms with Crippen LogP contribution in [0.4, 0.5) is 0 Å². The monoisotopic (exact) mass is 353 g/mol. The molecule has 0 aromatic carbocycles. The fourth-order valence-corrected chi connectivity index (χ4v) is 0. The number of rotatable bonds is 0. The van der Waals surface area contributed by atoms with E-state index in [4.69, 9.17) is 76.1 Å². The largest absolute Gasteiger partial charge is 0.512 e. The Morgan fingerprint density at radius 2 is 0.579 bits per heavy atom. The van der Waals surface area contributed by atoms with Crippen molar-refractivity contribution in [1.82, 2.24) is 0 Å². The van der Waals surface area contributed by atoms with E-state index in [2.05, 4.69) is 0 Å². The van der Waals surface area contributed by atoms with Gasteiger partial charge in [0.25, 0.3) is 0 Å². The van der Waals surface area contributed by atoms with Gasteiger partial charge in [0, 0.05) is 36.3 Å². The Bertz CT molecular complexity index is 161. The van der Waals surface area contributed by atoms with E-state index in [9.17, 15) is 0 Å². The van der Waals surface area contributed by atoms with Crippen molar-refractivity contribution in [1.29, 1.82) is 31.6 Å². The fraction of sp³-hybridized carbons (Fsp3) is 0.400. The van der Waals surface area contributed by atoms with Gasteiger partial charge in [-0.05, 0) is 20.8 Å². The molecule has 103 valence electrons. The molecular weight excluding hydrogens is 344 g/mol. The van der Waals surface area contributed by atoms with Gasteiger partial charge in [0.05, 0.1) is 5.60 Å². The molecule has 0 bridgehead atoms. The summed E-state index contributed by atoms with van der Waals surface area (Å²) >= 11 is 0. The van der Waals surface area contributed by atoms with Crippen molar-refractivity contribution in [3.8, 4) is 0 Å². The van der Waals surface area contributed by atoms with Crippen LogP contribution in [0, 0.1) is 71.0 Å². The summed E-state index contributed by atoms with van der Waals surface area (Å²) in [6.45, 7) is 33.7. The van der Waals surface area contributed by atoms with Gasteiger partial charge < -0.3 is 76.1 Å². The minimum Gasteiger partial charge on any atom is -0.512 e. The Kier molecular flexibility index (Phi) is 796. The summed E-state index contributed by atoms with van der Waals surface area (Å²) in [7, 11) is 0. The van der Waals surface area contributed by atoms with Gasteiger partial charge in [0.2, 0.25) is 0 Å². The Hall–Kier alpha value is -1.97. The van der Waals surface area contributed by atoms with Gasteiger partial charge in [0.15, 0.2) is 0 Å². The number of hydrogen-bond acceptors (Lipinski definition) is 7. The zero-order valence-electron chi connectivity index (χ0n) is 10.7. The van der Waals surface area contributed by atoms with Crippen LogP contribution in [0.25, 0.3) is 0 Å². The van der Waals surface area contributed by atoms with Crippen molar-refractivity contribution >= 4 is 0 Å². The molecule has 0 rings (SSSR count). The van der Waals surface area contributed by atoms with E-state index < -0.39 is 5.60 Å². The standard InChI is InChI=1S/C4H10O.6CN.Co.Zn/c1-4(2,3)5;6*1-2;;/h5H,1-3H3;;;;;;;;/q;6*-1;;. The van der Waals surface area contributed by atoms with Crippen molar-refractivity contribution in [3.63, 3.8) is 0 Å². The first-order valence-electron chi connectivity index (χ1n) is 3.07. The molecule has 0 aliphatic rings. The molecule has 0 aromatic heterocycles. The SMILES string of the molecule is CC(C)(C)O.[C-]#N.[C-]#N.[C-]#N.[C-]#N.[C-]#N.[C-]#N.[Co].[Zn]. The Balaban J connectivity index is -0.00000000912. The molecule has 19 heavy (non-hydrogen) atoms. The maximum absolute atomic E-state index is 8.52. The van der Waals surface area contributed by atoms with Gasteiger partial charge in [-0.25, -0.2) is 0 Å². The van der Waals surface area contributed by atoms with Gasteiger partial charge in [-0.2, -0.15) is 0 Å². The van der Waals surface area contributed by atoms with Gasteiger partial charge >= 0.3 is 0 Å². The minimum atomic E-state index is -0.500. The smallest absolute Gasteiger partial charge is 0.0563 e. The molecule has 9 heteroatoms. The van der Waals surface area contributed by atoms with E-state index in [0.29, 0.717) is 0 Å². The second-order valence-corrected chi connectivity index (χ2v) is 2.17. The van der Waals surface area contributed by atoms with E-state index in [0.717, 1.165) is 0 Å². The molecule has 0 unspecified atom stereocenters. The third kappa shape index (κ3) is 813. The summed E-state index contributed by atoms with van der Waals surface area (Å²) in [5, 5.41) is 46.0. The molecule has 0 aliphatic heterocycles. The quantitative estimate of drug-likeness (QED) is 0.506. The fourth-order valence-electron chi connectivity index (χ4n) is 0. The van der Waals surface area contributed by atoms with Gasteiger partial charge in [0.1, 0.15) is 0 Å². The zero-order chi connectivity index (χ0) is 16.5. The Labute approximate surface area is 138 Å². The second kappa shape index (κ2) is 223. The molecule has 0 aromatic rings. The maximum atomic E-state index is 8.52. The van der Waals surface area contributed by atoms with Crippen molar-refractivity contribution in [2.24, 2.45) is 0 Å². The van der Waals surface area contributed by atoms with E-state index in [1.807, 2.05) is 0 Å². The molecule has 0 saturated carbocycles. The Morgan fingerprint density at radius 1 is 0.579 bits per heavy atom. The summed E-state index contributed by atoms with van der Waals surface area (Å²) in [4.78, 5) is 0. The normalized spacial score (nSPS) is 3.79. The van der Waals surface area contributed by atoms with E-state index >= 15 is 0 Å². The van der Waals surface area contributed by atoms with Crippen molar-refractivity contribution in [3.05, 3.63) is 39.4 Å². The molecule has 0 atom stereocenters. The van der Waals surface area contributed by atoms with E-state index in [-0.39, 0.29) is 36.3 Å². The van der Waals surface area contributed by atoms with Crippen LogP contribution in [-0.2, 0) is 36.3 Å². The Morgan fingerprint density at radius 3 is 0.579 bits per heavy atom. The minimum absolute atomic E-state index is 0. The molecule has 0 fully saturated rings. The van der Waals surface area contributed by atoms with Gasteiger partial charge in [-0.1, -0.05) is 0 Å². The third-order valence-electron chi connectivity index (χ3n) is 0. The first-order chi connectivity index (χ1) is 8.00. The van der Waals surface area contributed by atoms with Crippen LogP contribution in [-0.4, -0.2) is 10.7 Å². The number of nitrogens with zero attached hydrogens (tertiary/aromatic N) is 6. The molecule has 0 spiro atoms. The summed E-state index contributed by atoms with van der Waals surface area (Å²) in [6, 6.07) is 0. The average Bonchev–Trinajstić information content (AvgIpc) is 2.41. The average molecular weight is 355 g/mol. The molecular formula is C10H10CoN6OZn-6. The molecule has 0 aliphatic carbocycles. The second-order valence-electron chi connectivity index (χ2n) is 2.17. The third-order valence-corrected chi connectivity index (χ3v) is 0. The zero-order valence-corrected chi connectivity index (χ0v) is 14.7. The first-order valence-corrected chi connectivity index (χ1v) is 3.07. The molecule has 7 nitrogen and oxygen atoms in total. The van der Waals surface area contributed by atoms with Crippen LogP contribution in [0.15, 0.2) is 0 Å². The van der Waals surface area contributed by atoms with E-state index in [1.54, 1.807) is 20.8 Å². The van der Waals surface area contributed by atoms with Crippen LogP contribution in [0.2, 0.25) is 0 Å². The summed E-state index contributed by atoms with van der Waals surface area (Å²) in [5.74, 6) is 0. The van der Waals surface area contributed by atoms with Gasteiger partial charge in [-0.15, -0.1) is 0 Å². The van der Waals surface area contributed by atoms with Crippen LogP contribution >= 0.6 is 0 Å². The first kappa shape index (κ1) is 67.9. The number of hydrogen-bond donors (Lipinski definition) is 1. The van der Waals surface area contributed by atoms with Crippen LogP contribution < -0.4 is 0 Å². The number of aliphatic hydroxyl groups is 1. The molecule has 1 N–H and O–H groups in total. The molecule has 1 radical (unpaired) electrons. The van der Waals surface area contributed by atoms with Crippen molar-refractivity contribution in [2.45, 2.75) is 26.4 Å². The molecule has 0 heterocycles. The predicted molar refractivity (Wildman–Crippen MR) is 51.8 cm³/mol. The summed E-state index contributed by atoms with van der Waals surface area (Å²) < 4.78 is 0. The predicted octanol–water partition coefficient (Wildman–Crippen LogP) is 1.35. The van der Waals surface area contributed by atoms with Gasteiger partial charge in [-0.3, -0.25) is 0 Å². The summed E-state index contributed by atoms with van der Waals surface area (Å²) in [5.41, 5.74) is -0.500. The van der Waals surface area contributed by atoms with Crippen LogP contribution in [0.3, 0.4) is 0 Å². The van der Waals surface area contributed by atoms with E-state index in [1.165, 1.54) is 0 Å². The topological polar surface area (TPSA) is 163 Å². The van der Waals surface area contributed by atoms with Crippen molar-refractivity contribution < 1.29 is 41.4 Å². The molecule has 0 amide bonds.